The van der Waals surface area contributed by atoms with Crippen molar-refractivity contribution in [1.82, 2.24) is 0 Å². The molecule has 3 heteroatoms. The molecule has 2 aromatic rings. The van der Waals surface area contributed by atoms with E-state index in [-0.39, 0.29) is 0 Å². The molecule has 3 nitrogen and oxygen atoms in total. The molecule has 0 heterocycles. The molecular formula is C21H22O3. The van der Waals surface area contributed by atoms with Crippen LogP contribution >= 0.6 is 0 Å². The second kappa shape index (κ2) is 8.63. The zero-order chi connectivity index (χ0) is 17.3. The SMILES string of the molecule is C=C/C=C\C=C(/C)OC(C)(Oc1ccccc1)Oc1ccccc1. The van der Waals surface area contributed by atoms with Gasteiger partial charge in [0.15, 0.2) is 0 Å². The van der Waals surface area contributed by atoms with Crippen LogP contribution in [-0.2, 0) is 4.74 Å². The van der Waals surface area contributed by atoms with E-state index in [0.29, 0.717) is 17.3 Å². The summed E-state index contributed by atoms with van der Waals surface area (Å²) in [5, 5.41) is 0. The molecule has 0 aliphatic carbocycles. The van der Waals surface area contributed by atoms with Gasteiger partial charge in [-0.15, -0.1) is 0 Å². The van der Waals surface area contributed by atoms with Crippen molar-refractivity contribution in [2.75, 3.05) is 0 Å². The normalized spacial score (nSPS) is 12.0. The lowest BCUT2D eigenvalue weighted by molar-refractivity contribution is -0.269. The lowest BCUT2D eigenvalue weighted by Crippen LogP contribution is -2.41. The van der Waals surface area contributed by atoms with Gasteiger partial charge in [0.25, 0.3) is 0 Å². The molecule has 0 spiro atoms. The number of hydrogen-bond donors (Lipinski definition) is 0. The van der Waals surface area contributed by atoms with Crippen molar-refractivity contribution in [3.63, 3.8) is 0 Å². The van der Waals surface area contributed by atoms with Gasteiger partial charge in [0.05, 0.1) is 6.92 Å². The van der Waals surface area contributed by atoms with Crippen LogP contribution in [0.3, 0.4) is 0 Å². The van der Waals surface area contributed by atoms with Crippen LogP contribution < -0.4 is 9.47 Å². The molecule has 0 unspecified atom stereocenters. The van der Waals surface area contributed by atoms with E-state index < -0.39 is 5.97 Å². The molecule has 0 N–H and O–H groups in total. The summed E-state index contributed by atoms with van der Waals surface area (Å²) in [5.74, 6) is 0.670. The van der Waals surface area contributed by atoms with E-state index in [4.69, 9.17) is 14.2 Å². The largest absolute Gasteiger partial charge is 0.426 e. The highest BCUT2D eigenvalue weighted by molar-refractivity contribution is 5.24. The predicted octanol–water partition coefficient (Wildman–Crippen LogP) is 5.48. The quantitative estimate of drug-likeness (QED) is 0.366. The Morgan fingerprint density at radius 1 is 0.875 bits per heavy atom. The molecular weight excluding hydrogens is 300 g/mol. The van der Waals surface area contributed by atoms with Crippen LogP contribution in [-0.4, -0.2) is 5.97 Å². The molecule has 0 radical (unpaired) electrons. The first-order chi connectivity index (χ1) is 11.6. The third kappa shape index (κ3) is 5.69. The minimum atomic E-state index is -1.30. The molecule has 0 saturated heterocycles. The van der Waals surface area contributed by atoms with Crippen LogP contribution in [0.1, 0.15) is 13.8 Å². The number of para-hydroxylation sites is 2. The average Bonchev–Trinajstić information content (AvgIpc) is 2.56. The number of benzene rings is 2. The van der Waals surface area contributed by atoms with Crippen LogP contribution in [0.15, 0.2) is 97.3 Å². The molecule has 2 aromatic carbocycles. The first kappa shape index (κ1) is 17.4. The van der Waals surface area contributed by atoms with Gasteiger partial charge in [0.1, 0.15) is 17.3 Å². The van der Waals surface area contributed by atoms with Gasteiger partial charge in [-0.3, -0.25) is 0 Å². The fourth-order valence-electron chi connectivity index (χ4n) is 2.06. The number of rotatable bonds is 8. The lowest BCUT2D eigenvalue weighted by Gasteiger charge is -2.31. The average molecular weight is 322 g/mol. The first-order valence-electron chi connectivity index (χ1n) is 7.74. The van der Waals surface area contributed by atoms with Gasteiger partial charge < -0.3 is 14.2 Å². The molecule has 2 rings (SSSR count). The van der Waals surface area contributed by atoms with Crippen molar-refractivity contribution >= 4 is 0 Å². The van der Waals surface area contributed by atoms with Gasteiger partial charge in [0.2, 0.25) is 0 Å². The standard InChI is InChI=1S/C21H22O3/c1-4-5-8-13-18(2)22-21(3,23-19-14-9-6-10-15-19)24-20-16-11-7-12-17-20/h4-17H,1H2,2-3H3/b8-5-,18-13+. The second-order valence-corrected chi connectivity index (χ2v) is 5.19. The Hall–Kier alpha value is -2.94. The Kier molecular flexibility index (Phi) is 6.26. The Labute approximate surface area is 143 Å². The van der Waals surface area contributed by atoms with Crippen molar-refractivity contribution < 1.29 is 14.2 Å². The summed E-state index contributed by atoms with van der Waals surface area (Å²) >= 11 is 0. The van der Waals surface area contributed by atoms with Crippen molar-refractivity contribution in [2.45, 2.75) is 19.8 Å². The summed E-state index contributed by atoms with van der Waals surface area (Å²) in [5.41, 5.74) is 0. The van der Waals surface area contributed by atoms with Crippen molar-refractivity contribution in [1.29, 1.82) is 0 Å². The lowest BCUT2D eigenvalue weighted by atomic mass is 10.3. The molecule has 0 aromatic heterocycles. The topological polar surface area (TPSA) is 27.7 Å². The highest BCUT2D eigenvalue weighted by Gasteiger charge is 2.32. The molecule has 124 valence electrons. The summed E-state index contributed by atoms with van der Waals surface area (Å²) in [6.07, 6.45) is 7.18. The molecule has 0 saturated carbocycles. The maximum absolute atomic E-state index is 5.95. The third-order valence-electron chi connectivity index (χ3n) is 3.02. The maximum Gasteiger partial charge on any atom is 0.413 e. The third-order valence-corrected chi connectivity index (χ3v) is 3.02. The number of hydrogen-bond acceptors (Lipinski definition) is 3. The molecule has 0 aliphatic rings. The van der Waals surface area contributed by atoms with Crippen LogP contribution in [0.2, 0.25) is 0 Å². The van der Waals surface area contributed by atoms with E-state index in [2.05, 4.69) is 6.58 Å². The van der Waals surface area contributed by atoms with Crippen LogP contribution in [0.5, 0.6) is 11.5 Å². The van der Waals surface area contributed by atoms with Gasteiger partial charge in [-0.25, -0.2) is 0 Å². The molecule has 0 bridgehead atoms. The summed E-state index contributed by atoms with van der Waals surface area (Å²) in [6, 6.07) is 18.9. The number of ether oxygens (including phenoxy) is 3. The van der Waals surface area contributed by atoms with Crippen molar-refractivity contribution in [3.8, 4) is 11.5 Å². The molecule has 0 amide bonds. The number of allylic oxidation sites excluding steroid dienone is 5. The van der Waals surface area contributed by atoms with Gasteiger partial charge in [-0.1, -0.05) is 61.2 Å². The Morgan fingerprint density at radius 3 is 1.83 bits per heavy atom. The fraction of sp³-hybridized carbons (Fsp3) is 0.143. The highest BCUT2D eigenvalue weighted by Crippen LogP contribution is 2.25. The zero-order valence-electron chi connectivity index (χ0n) is 14.0. The minimum Gasteiger partial charge on any atom is -0.426 e. The van der Waals surface area contributed by atoms with Gasteiger partial charge in [-0.2, -0.15) is 0 Å². The first-order valence-corrected chi connectivity index (χ1v) is 7.74. The van der Waals surface area contributed by atoms with E-state index in [1.54, 1.807) is 13.0 Å². The summed E-state index contributed by atoms with van der Waals surface area (Å²) < 4.78 is 17.8. The Bertz CT molecular complexity index is 646. The smallest absolute Gasteiger partial charge is 0.413 e. The van der Waals surface area contributed by atoms with Gasteiger partial charge in [-0.05, 0) is 37.3 Å². The summed E-state index contributed by atoms with van der Waals surface area (Å²) in [7, 11) is 0. The highest BCUT2D eigenvalue weighted by atomic mass is 16.9. The molecule has 24 heavy (non-hydrogen) atoms. The van der Waals surface area contributed by atoms with Crippen LogP contribution in [0.25, 0.3) is 0 Å². The van der Waals surface area contributed by atoms with E-state index >= 15 is 0 Å². The van der Waals surface area contributed by atoms with Crippen LogP contribution in [0, 0.1) is 0 Å². The van der Waals surface area contributed by atoms with Crippen molar-refractivity contribution in [3.05, 3.63) is 97.3 Å². The minimum absolute atomic E-state index is 0.655. The second-order valence-electron chi connectivity index (χ2n) is 5.19. The summed E-state index contributed by atoms with van der Waals surface area (Å²) in [6.45, 7) is 7.22. The summed E-state index contributed by atoms with van der Waals surface area (Å²) in [4.78, 5) is 0. The molecule has 0 atom stereocenters. The van der Waals surface area contributed by atoms with E-state index in [9.17, 15) is 0 Å². The van der Waals surface area contributed by atoms with E-state index in [0.717, 1.165) is 0 Å². The van der Waals surface area contributed by atoms with Crippen molar-refractivity contribution in [2.24, 2.45) is 0 Å². The predicted molar refractivity (Wildman–Crippen MR) is 96.7 cm³/mol. The monoisotopic (exact) mass is 322 g/mol. The van der Waals surface area contributed by atoms with E-state index in [1.165, 1.54) is 0 Å². The molecule has 0 aliphatic heterocycles. The van der Waals surface area contributed by atoms with Crippen LogP contribution in [0.4, 0.5) is 0 Å². The molecule has 0 fully saturated rings. The fourth-order valence-corrected chi connectivity index (χ4v) is 2.06. The Morgan fingerprint density at radius 2 is 1.38 bits per heavy atom. The van der Waals surface area contributed by atoms with Gasteiger partial charge in [0, 0.05) is 0 Å². The Balaban J connectivity index is 2.21. The van der Waals surface area contributed by atoms with E-state index in [1.807, 2.05) is 85.8 Å². The maximum atomic E-state index is 5.95. The van der Waals surface area contributed by atoms with Gasteiger partial charge >= 0.3 is 5.97 Å². The zero-order valence-corrected chi connectivity index (χ0v) is 14.0.